The van der Waals surface area contributed by atoms with Crippen LogP contribution < -0.4 is 5.32 Å². The summed E-state index contributed by atoms with van der Waals surface area (Å²) >= 11 is 1.70. The first-order valence-corrected chi connectivity index (χ1v) is 8.25. The van der Waals surface area contributed by atoms with Crippen molar-refractivity contribution in [1.29, 1.82) is 0 Å². The van der Waals surface area contributed by atoms with Gasteiger partial charge in [-0.3, -0.25) is 10.1 Å². The summed E-state index contributed by atoms with van der Waals surface area (Å²) in [6.07, 6.45) is 4.42. The molecule has 3 nitrogen and oxygen atoms in total. The summed E-state index contributed by atoms with van der Waals surface area (Å²) in [6.45, 7) is 4.41. The lowest BCUT2D eigenvalue weighted by atomic mass is 9.80. The van der Waals surface area contributed by atoms with Crippen molar-refractivity contribution in [1.82, 2.24) is 10.2 Å². The Bertz CT molecular complexity index is 439. The lowest BCUT2D eigenvalue weighted by molar-refractivity contribution is -0.135. The van der Waals surface area contributed by atoms with Crippen LogP contribution in [0, 0.1) is 5.92 Å². The van der Waals surface area contributed by atoms with E-state index in [1.165, 1.54) is 5.56 Å². The molecule has 0 aromatic carbocycles. The van der Waals surface area contributed by atoms with Crippen LogP contribution in [0.1, 0.15) is 51.3 Å². The topological polar surface area (TPSA) is 32.3 Å². The SMILES string of the molecule is CCCC1NC(c2ccsc2)N(C2CC(C)C2)C1=O. The van der Waals surface area contributed by atoms with Gasteiger partial charge in [-0.15, -0.1) is 0 Å². The average molecular weight is 278 g/mol. The molecule has 0 radical (unpaired) electrons. The average Bonchev–Trinajstić information content (AvgIpc) is 2.96. The molecule has 0 bridgehead atoms. The number of carbonyl (C=O) groups is 1. The molecule has 1 aromatic heterocycles. The van der Waals surface area contributed by atoms with Gasteiger partial charge in [-0.05, 0) is 47.6 Å². The standard InChI is InChI=1S/C15H22N2OS/c1-3-4-13-15(18)17(12-7-10(2)8-12)14(16-13)11-5-6-19-9-11/h5-6,9-10,12-14,16H,3-4,7-8H2,1-2H3. The second-order valence-corrected chi connectivity index (χ2v) is 6.72. The first kappa shape index (κ1) is 13.1. The highest BCUT2D eigenvalue weighted by Crippen LogP contribution is 2.39. The molecular formula is C15H22N2OS. The van der Waals surface area contributed by atoms with E-state index < -0.39 is 0 Å². The van der Waals surface area contributed by atoms with E-state index in [-0.39, 0.29) is 12.2 Å². The van der Waals surface area contributed by atoms with E-state index in [0.717, 1.165) is 31.6 Å². The summed E-state index contributed by atoms with van der Waals surface area (Å²) < 4.78 is 0. The first-order chi connectivity index (χ1) is 9.20. The fourth-order valence-electron chi connectivity index (χ4n) is 3.31. The van der Waals surface area contributed by atoms with E-state index in [1.54, 1.807) is 11.3 Å². The number of carbonyl (C=O) groups excluding carboxylic acids is 1. The fraction of sp³-hybridized carbons (Fsp3) is 0.667. The van der Waals surface area contributed by atoms with Gasteiger partial charge in [0.15, 0.2) is 0 Å². The molecule has 2 fully saturated rings. The quantitative estimate of drug-likeness (QED) is 0.917. The zero-order chi connectivity index (χ0) is 13.4. The van der Waals surface area contributed by atoms with Crippen molar-refractivity contribution in [3.8, 4) is 0 Å². The molecular weight excluding hydrogens is 256 g/mol. The molecule has 19 heavy (non-hydrogen) atoms. The molecule has 1 amide bonds. The summed E-state index contributed by atoms with van der Waals surface area (Å²) in [7, 11) is 0. The molecule has 0 spiro atoms. The van der Waals surface area contributed by atoms with Crippen LogP contribution in [0.4, 0.5) is 0 Å². The van der Waals surface area contributed by atoms with Crippen LogP contribution in [-0.4, -0.2) is 22.9 Å². The second kappa shape index (κ2) is 5.25. The van der Waals surface area contributed by atoms with E-state index >= 15 is 0 Å². The maximum Gasteiger partial charge on any atom is 0.241 e. The van der Waals surface area contributed by atoms with Crippen LogP contribution in [0.5, 0.6) is 0 Å². The van der Waals surface area contributed by atoms with Crippen LogP contribution in [0.3, 0.4) is 0 Å². The molecule has 4 heteroatoms. The van der Waals surface area contributed by atoms with Crippen molar-refractivity contribution in [3.63, 3.8) is 0 Å². The Morgan fingerprint density at radius 1 is 1.47 bits per heavy atom. The molecule has 2 aliphatic rings. The van der Waals surface area contributed by atoms with E-state index in [1.807, 2.05) is 0 Å². The summed E-state index contributed by atoms with van der Waals surface area (Å²) in [4.78, 5) is 14.7. The Labute approximate surface area is 119 Å². The Balaban J connectivity index is 1.81. The van der Waals surface area contributed by atoms with Crippen LogP contribution in [0.15, 0.2) is 16.8 Å². The van der Waals surface area contributed by atoms with Gasteiger partial charge >= 0.3 is 0 Å². The minimum absolute atomic E-state index is 0.0193. The molecule has 2 unspecified atom stereocenters. The zero-order valence-corrected chi connectivity index (χ0v) is 12.5. The molecule has 2 heterocycles. The Hall–Kier alpha value is -0.870. The summed E-state index contributed by atoms with van der Waals surface area (Å²) in [5.74, 6) is 1.08. The Morgan fingerprint density at radius 3 is 2.84 bits per heavy atom. The lowest BCUT2D eigenvalue weighted by Crippen LogP contribution is -2.47. The van der Waals surface area contributed by atoms with Gasteiger partial charge in [0.1, 0.15) is 6.17 Å². The van der Waals surface area contributed by atoms with Crippen LogP contribution in [0.25, 0.3) is 0 Å². The molecule has 1 aliphatic carbocycles. The second-order valence-electron chi connectivity index (χ2n) is 5.94. The van der Waals surface area contributed by atoms with Gasteiger partial charge in [-0.1, -0.05) is 20.3 Å². The minimum Gasteiger partial charge on any atom is -0.319 e. The van der Waals surface area contributed by atoms with Gasteiger partial charge in [0, 0.05) is 6.04 Å². The molecule has 1 N–H and O–H groups in total. The monoisotopic (exact) mass is 278 g/mol. The zero-order valence-electron chi connectivity index (χ0n) is 11.6. The van der Waals surface area contributed by atoms with E-state index in [4.69, 9.17) is 0 Å². The lowest BCUT2D eigenvalue weighted by Gasteiger charge is -2.42. The smallest absolute Gasteiger partial charge is 0.241 e. The number of rotatable bonds is 4. The van der Waals surface area contributed by atoms with Crippen molar-refractivity contribution >= 4 is 17.2 Å². The number of nitrogens with zero attached hydrogens (tertiary/aromatic N) is 1. The summed E-state index contributed by atoms with van der Waals surface area (Å²) in [6, 6.07) is 2.60. The molecule has 1 aromatic rings. The van der Waals surface area contributed by atoms with Crippen molar-refractivity contribution in [2.45, 2.75) is 57.8 Å². The predicted octanol–water partition coefficient (Wildman–Crippen LogP) is 3.15. The van der Waals surface area contributed by atoms with Crippen LogP contribution in [0.2, 0.25) is 0 Å². The molecule has 1 saturated heterocycles. The molecule has 2 atom stereocenters. The first-order valence-electron chi connectivity index (χ1n) is 7.31. The van der Waals surface area contributed by atoms with Crippen molar-refractivity contribution in [3.05, 3.63) is 22.4 Å². The van der Waals surface area contributed by atoms with Crippen molar-refractivity contribution in [2.75, 3.05) is 0 Å². The number of nitrogens with one attached hydrogen (secondary N) is 1. The number of amides is 1. The number of hydrogen-bond acceptors (Lipinski definition) is 3. The van der Waals surface area contributed by atoms with Crippen LogP contribution in [-0.2, 0) is 4.79 Å². The normalized spacial score (nSPS) is 34.6. The predicted molar refractivity (Wildman–Crippen MR) is 77.9 cm³/mol. The van der Waals surface area contributed by atoms with Gasteiger partial charge in [0.05, 0.1) is 6.04 Å². The number of hydrogen-bond donors (Lipinski definition) is 1. The molecule has 1 saturated carbocycles. The third-order valence-corrected chi connectivity index (χ3v) is 5.07. The van der Waals surface area contributed by atoms with Crippen LogP contribution >= 0.6 is 11.3 Å². The molecule has 104 valence electrons. The maximum atomic E-state index is 12.6. The maximum absolute atomic E-state index is 12.6. The van der Waals surface area contributed by atoms with Gasteiger partial charge < -0.3 is 4.90 Å². The van der Waals surface area contributed by atoms with E-state index in [2.05, 4.69) is 40.9 Å². The summed E-state index contributed by atoms with van der Waals surface area (Å²) in [5, 5.41) is 7.80. The fourth-order valence-corrected chi connectivity index (χ4v) is 3.99. The largest absolute Gasteiger partial charge is 0.319 e. The highest BCUT2D eigenvalue weighted by atomic mass is 32.1. The third kappa shape index (κ3) is 2.32. The van der Waals surface area contributed by atoms with Crippen molar-refractivity contribution in [2.24, 2.45) is 5.92 Å². The van der Waals surface area contributed by atoms with Gasteiger partial charge in [0.25, 0.3) is 0 Å². The Kier molecular flexibility index (Phi) is 3.63. The van der Waals surface area contributed by atoms with Gasteiger partial charge in [-0.2, -0.15) is 11.3 Å². The molecule has 3 rings (SSSR count). The highest BCUT2D eigenvalue weighted by molar-refractivity contribution is 7.07. The van der Waals surface area contributed by atoms with Gasteiger partial charge in [0.2, 0.25) is 5.91 Å². The Morgan fingerprint density at radius 2 is 2.26 bits per heavy atom. The highest BCUT2D eigenvalue weighted by Gasteiger charge is 2.45. The van der Waals surface area contributed by atoms with Gasteiger partial charge in [-0.25, -0.2) is 0 Å². The third-order valence-electron chi connectivity index (χ3n) is 4.37. The summed E-state index contributed by atoms with van der Waals surface area (Å²) in [5.41, 5.74) is 1.25. The van der Waals surface area contributed by atoms with E-state index in [0.29, 0.717) is 11.9 Å². The minimum atomic E-state index is 0.0193. The van der Waals surface area contributed by atoms with Crippen molar-refractivity contribution < 1.29 is 4.79 Å². The molecule has 1 aliphatic heterocycles. The van der Waals surface area contributed by atoms with E-state index in [9.17, 15) is 4.79 Å². The number of thiophene rings is 1.